The number of halogens is 7. The van der Waals surface area contributed by atoms with Gasteiger partial charge in [0.25, 0.3) is 0 Å². The first-order valence-corrected chi connectivity index (χ1v) is 17.9. The average Bonchev–Trinajstić information content (AvgIpc) is 3.62. The molecular weight excluding hydrogens is 710 g/mol. The van der Waals surface area contributed by atoms with Gasteiger partial charge in [-0.2, -0.15) is 26.3 Å². The van der Waals surface area contributed by atoms with Crippen molar-refractivity contribution in [2.75, 3.05) is 20.2 Å². The number of likely N-dealkylation sites (tertiary alicyclic amines) is 1. The van der Waals surface area contributed by atoms with Gasteiger partial charge in [-0.1, -0.05) is 36.4 Å². The number of rotatable bonds is 7. The molecule has 3 aliphatic rings. The molecule has 0 N–H and O–H groups in total. The number of hydrogen-bond acceptors (Lipinski definition) is 7. The number of hydrogen-bond donors (Lipinski definition) is 0. The molecule has 17 heteroatoms. The molecule has 1 unspecified atom stereocenters. The Labute approximate surface area is 292 Å². The Morgan fingerprint density at radius 3 is 1.88 bits per heavy atom. The average molecular weight is 750 g/mol. The highest BCUT2D eigenvalue weighted by Gasteiger charge is 2.73. The molecule has 0 bridgehead atoms. The molecule has 0 spiro atoms. The number of alkyl halides is 7. The van der Waals surface area contributed by atoms with Gasteiger partial charge in [-0.25, -0.2) is 12.8 Å². The summed E-state index contributed by atoms with van der Waals surface area (Å²) >= 11 is 0. The van der Waals surface area contributed by atoms with Crippen LogP contribution in [0.25, 0.3) is 0 Å². The van der Waals surface area contributed by atoms with Crippen molar-refractivity contribution in [1.29, 1.82) is 0 Å². The van der Waals surface area contributed by atoms with Crippen LogP contribution >= 0.6 is 0 Å². The fourth-order valence-electron chi connectivity index (χ4n) is 7.11. The van der Waals surface area contributed by atoms with Crippen LogP contribution in [0, 0.1) is 11.8 Å². The second kappa shape index (κ2) is 13.0. The van der Waals surface area contributed by atoms with Crippen LogP contribution in [0.15, 0.2) is 53.4 Å². The van der Waals surface area contributed by atoms with Gasteiger partial charge in [0.1, 0.15) is 4.75 Å². The van der Waals surface area contributed by atoms with Gasteiger partial charge in [0.15, 0.2) is 9.84 Å². The normalized spacial score (nSPS) is 25.6. The van der Waals surface area contributed by atoms with Crippen molar-refractivity contribution in [3.63, 3.8) is 0 Å². The first kappa shape index (κ1) is 39.0. The van der Waals surface area contributed by atoms with Crippen LogP contribution in [0.1, 0.15) is 70.9 Å². The highest BCUT2D eigenvalue weighted by Crippen LogP contribution is 2.54. The number of ether oxygens (including phenoxy) is 1. The van der Waals surface area contributed by atoms with E-state index in [1.807, 2.05) is 27.7 Å². The smallest absolute Gasteiger partial charge is 0.469 e. The van der Waals surface area contributed by atoms with Crippen molar-refractivity contribution in [3.05, 3.63) is 59.7 Å². The second-order valence-electron chi connectivity index (χ2n) is 14.5. The lowest BCUT2D eigenvalue weighted by Crippen LogP contribution is -2.50. The number of methoxy groups -OCH3 is 1. The predicted octanol–water partition coefficient (Wildman–Crippen LogP) is 6.16. The maximum atomic E-state index is 14.9. The Morgan fingerprint density at radius 1 is 0.843 bits per heavy atom. The number of amides is 1. The summed E-state index contributed by atoms with van der Waals surface area (Å²) in [5.41, 5.74) is -8.90. The summed E-state index contributed by atoms with van der Waals surface area (Å²) in [4.78, 5) is 26.8. The summed E-state index contributed by atoms with van der Waals surface area (Å²) in [7, 11) is -4.30. The molecule has 2 aliphatic heterocycles. The van der Waals surface area contributed by atoms with E-state index in [2.05, 4.69) is 0 Å². The zero-order valence-corrected chi connectivity index (χ0v) is 29.5. The molecule has 51 heavy (non-hydrogen) atoms. The fraction of sp³-hybridized carbons (Fsp3) is 0.588. The van der Waals surface area contributed by atoms with Crippen LogP contribution in [0.3, 0.4) is 0 Å². The van der Waals surface area contributed by atoms with Crippen molar-refractivity contribution in [3.8, 4) is 0 Å². The first-order valence-electron chi connectivity index (χ1n) is 16.4. The van der Waals surface area contributed by atoms with E-state index in [0.717, 1.165) is 12.1 Å². The Morgan fingerprint density at radius 2 is 1.37 bits per heavy atom. The van der Waals surface area contributed by atoms with Gasteiger partial charge >= 0.3 is 31.1 Å². The van der Waals surface area contributed by atoms with Crippen molar-refractivity contribution in [2.45, 2.75) is 98.7 Å². The minimum Gasteiger partial charge on any atom is -0.469 e. The molecule has 1 amide bonds. The molecule has 280 valence electrons. The van der Waals surface area contributed by atoms with E-state index in [9.17, 15) is 48.7 Å². The van der Waals surface area contributed by atoms with Crippen LogP contribution in [0.5, 0.6) is 0 Å². The standard InChI is InChI=1S/C34H39BF7NO7S/c1-29(2)30(3,4)50-35(49-29)25-7-6-8-26(19-25)51(46,47)31(23-13-15-24(16-14-23)32(36,33(37,38)39)34(40,41)42)17-18-43(20-31)27(44)21-9-11-22(12-10-21)28(45)48-5/h6-8,13-16,19,21-22H,9-12,17-18,20H2,1-5H3/t21-,22-,31?. The van der Waals surface area contributed by atoms with Gasteiger partial charge in [0, 0.05) is 24.6 Å². The molecule has 3 fully saturated rings. The maximum Gasteiger partial charge on any atom is 0.494 e. The van der Waals surface area contributed by atoms with Gasteiger partial charge < -0.3 is 18.9 Å². The van der Waals surface area contributed by atoms with Gasteiger partial charge in [-0.05, 0) is 83.0 Å². The third-order valence-corrected chi connectivity index (χ3v) is 13.4. The quantitative estimate of drug-likeness (QED) is 0.190. The van der Waals surface area contributed by atoms with Gasteiger partial charge in [0.2, 0.25) is 5.91 Å². The SMILES string of the molecule is COC(=O)[C@H]1CC[C@H](C(=O)N2CCC(c3ccc(C(F)(C(F)(F)F)C(F)(F)F)cc3)(S(=O)(=O)c3cccc(B4OC(C)(C)C(C)(C)O4)c3)C2)CC1. The number of sulfone groups is 1. The molecule has 0 aromatic heterocycles. The highest BCUT2D eigenvalue weighted by molar-refractivity contribution is 7.92. The predicted molar refractivity (Wildman–Crippen MR) is 171 cm³/mol. The molecule has 2 heterocycles. The van der Waals surface area contributed by atoms with Crippen LogP contribution in [0.2, 0.25) is 0 Å². The van der Waals surface area contributed by atoms with Crippen molar-refractivity contribution < 1.29 is 62.8 Å². The molecule has 2 aromatic rings. The zero-order chi connectivity index (χ0) is 38.0. The van der Waals surface area contributed by atoms with E-state index in [1.165, 1.54) is 30.2 Å². The summed E-state index contributed by atoms with van der Waals surface area (Å²) in [5, 5.41) is 0. The van der Waals surface area contributed by atoms with Crippen molar-refractivity contribution >= 4 is 34.3 Å². The summed E-state index contributed by atoms with van der Waals surface area (Å²) in [6.07, 6.45) is -11.6. The number of carbonyl (C=O) groups excluding carboxylic acids is 2. The van der Waals surface area contributed by atoms with Crippen LogP contribution in [-0.2, 0) is 43.9 Å². The Kier molecular flexibility index (Phi) is 9.99. The van der Waals surface area contributed by atoms with Gasteiger partial charge in [0.05, 0.1) is 29.1 Å². The third-order valence-electron chi connectivity index (χ3n) is 11.0. The zero-order valence-electron chi connectivity index (χ0n) is 28.7. The summed E-state index contributed by atoms with van der Waals surface area (Å²) < 4.78 is 141. The molecule has 2 saturated heterocycles. The van der Waals surface area contributed by atoms with Crippen LogP contribution in [0.4, 0.5) is 30.7 Å². The molecule has 1 saturated carbocycles. The Bertz CT molecular complexity index is 1730. The van der Waals surface area contributed by atoms with E-state index in [4.69, 9.17) is 14.0 Å². The van der Waals surface area contributed by atoms with E-state index in [0.29, 0.717) is 31.1 Å². The highest BCUT2D eigenvalue weighted by atomic mass is 32.2. The molecule has 0 radical (unpaired) electrons. The van der Waals surface area contributed by atoms with Crippen molar-refractivity contribution in [1.82, 2.24) is 4.90 Å². The lowest BCUT2D eigenvalue weighted by Gasteiger charge is -2.33. The van der Waals surface area contributed by atoms with Gasteiger partial charge in [-0.3, -0.25) is 9.59 Å². The maximum absolute atomic E-state index is 14.9. The van der Waals surface area contributed by atoms with Gasteiger partial charge in [-0.15, -0.1) is 0 Å². The van der Waals surface area contributed by atoms with E-state index in [1.54, 1.807) is 6.07 Å². The Hall–Kier alpha value is -3.18. The molecule has 1 atom stereocenters. The minimum atomic E-state index is -6.37. The van der Waals surface area contributed by atoms with E-state index >= 15 is 0 Å². The Balaban J connectivity index is 1.55. The molecule has 2 aromatic carbocycles. The van der Waals surface area contributed by atoms with Crippen molar-refractivity contribution in [2.24, 2.45) is 11.8 Å². The van der Waals surface area contributed by atoms with Crippen LogP contribution in [-0.4, -0.2) is 76.1 Å². The largest absolute Gasteiger partial charge is 0.494 e. The monoisotopic (exact) mass is 749 g/mol. The lowest BCUT2D eigenvalue weighted by molar-refractivity contribution is -0.348. The molecule has 1 aliphatic carbocycles. The lowest BCUT2D eigenvalue weighted by atomic mass is 9.79. The molecule has 8 nitrogen and oxygen atoms in total. The first-order chi connectivity index (χ1) is 23.4. The summed E-state index contributed by atoms with van der Waals surface area (Å²) in [5.74, 6) is -1.73. The number of carbonyl (C=O) groups is 2. The third kappa shape index (κ3) is 6.55. The summed E-state index contributed by atoms with van der Waals surface area (Å²) in [6, 6.07) is 7.71. The molecule has 5 rings (SSSR count). The number of esters is 1. The van der Waals surface area contributed by atoms with E-state index < -0.39 is 80.8 Å². The number of benzene rings is 2. The molecular formula is C34H39BF7NO7S. The summed E-state index contributed by atoms with van der Waals surface area (Å²) in [6.45, 7) is 6.64. The van der Waals surface area contributed by atoms with E-state index in [-0.39, 0.29) is 41.5 Å². The van der Waals surface area contributed by atoms with Crippen LogP contribution < -0.4 is 5.46 Å². The topological polar surface area (TPSA) is 99.2 Å². The number of nitrogens with zero attached hydrogens (tertiary/aromatic N) is 1. The minimum absolute atomic E-state index is 0.105. The fourth-order valence-corrected chi connectivity index (χ4v) is 9.24. The second-order valence-corrected chi connectivity index (χ2v) is 16.7.